The Balaban J connectivity index is 1.56. The summed E-state index contributed by atoms with van der Waals surface area (Å²) in [5.74, 6) is 0.0570. The Morgan fingerprint density at radius 3 is 2.41 bits per heavy atom. The number of carboxylic acids is 1. The monoisotopic (exact) mass is 583 g/mol. The van der Waals surface area contributed by atoms with Crippen LogP contribution < -0.4 is 4.74 Å². The lowest BCUT2D eigenvalue weighted by Gasteiger charge is -2.26. The highest BCUT2D eigenvalue weighted by Gasteiger charge is 2.24. The van der Waals surface area contributed by atoms with E-state index in [0.717, 1.165) is 38.7 Å². The Labute approximate surface area is 243 Å². The summed E-state index contributed by atoms with van der Waals surface area (Å²) in [5, 5.41) is 18.9. The summed E-state index contributed by atoms with van der Waals surface area (Å²) in [6.07, 6.45) is 0.00953. The zero-order chi connectivity index (χ0) is 28.3. The summed E-state index contributed by atoms with van der Waals surface area (Å²) < 4.78 is 7.72. The molecule has 4 rings (SSSR count). The summed E-state index contributed by atoms with van der Waals surface area (Å²) >= 11 is 14.6. The summed E-state index contributed by atoms with van der Waals surface area (Å²) in [4.78, 5) is 12.1. The second kappa shape index (κ2) is 12.0. The van der Waals surface area contributed by atoms with Crippen molar-refractivity contribution in [2.75, 3.05) is 0 Å². The van der Waals surface area contributed by atoms with Crippen molar-refractivity contribution in [3.8, 4) is 11.4 Å². The third-order valence-electron chi connectivity index (χ3n) is 6.35. The van der Waals surface area contributed by atoms with E-state index in [4.69, 9.17) is 33.0 Å². The molecule has 9 heteroatoms. The molecule has 0 unspecified atom stereocenters. The van der Waals surface area contributed by atoms with Crippen LogP contribution >= 0.6 is 35.0 Å². The second-order valence-electron chi connectivity index (χ2n) is 10.2. The first-order chi connectivity index (χ1) is 18.5. The predicted octanol–water partition coefficient (Wildman–Crippen LogP) is 8.24. The van der Waals surface area contributed by atoms with Crippen molar-refractivity contribution in [3.63, 3.8) is 0 Å². The second-order valence-corrected chi connectivity index (χ2v) is 12.7. The van der Waals surface area contributed by atoms with Crippen LogP contribution in [0.25, 0.3) is 5.69 Å². The van der Waals surface area contributed by atoms with E-state index in [-0.39, 0.29) is 23.7 Å². The van der Waals surface area contributed by atoms with Crippen LogP contribution in [0.2, 0.25) is 10.0 Å². The zero-order valence-corrected chi connectivity index (χ0v) is 24.9. The molecule has 0 aliphatic carbocycles. The van der Waals surface area contributed by atoms with Gasteiger partial charge < -0.3 is 9.84 Å². The van der Waals surface area contributed by atoms with Crippen LogP contribution in [0.15, 0.2) is 65.6 Å². The lowest BCUT2D eigenvalue weighted by Crippen LogP contribution is -2.13. The van der Waals surface area contributed by atoms with Gasteiger partial charge in [-0.05, 0) is 73.7 Å². The number of aryl methyl sites for hydroxylation is 1. The van der Waals surface area contributed by atoms with Crippen molar-refractivity contribution in [1.82, 2.24) is 15.0 Å². The number of rotatable bonds is 10. The highest BCUT2D eigenvalue weighted by Crippen LogP contribution is 2.42. The average Bonchev–Trinajstić information content (AvgIpc) is 3.26. The van der Waals surface area contributed by atoms with Crippen molar-refractivity contribution in [2.24, 2.45) is 0 Å². The molecule has 1 aromatic heterocycles. The van der Waals surface area contributed by atoms with Gasteiger partial charge in [-0.2, -0.15) is 0 Å². The third kappa shape index (κ3) is 6.78. The van der Waals surface area contributed by atoms with Crippen molar-refractivity contribution < 1.29 is 14.6 Å². The Hall–Kier alpha value is -3.00. The van der Waals surface area contributed by atoms with Gasteiger partial charge in [-0.3, -0.25) is 4.79 Å². The van der Waals surface area contributed by atoms with E-state index in [9.17, 15) is 4.79 Å². The highest BCUT2D eigenvalue weighted by atomic mass is 35.5. The maximum absolute atomic E-state index is 11.1. The lowest BCUT2D eigenvalue weighted by molar-refractivity contribution is -0.136. The number of halogens is 2. The molecule has 0 saturated heterocycles. The zero-order valence-electron chi connectivity index (χ0n) is 22.5. The van der Waals surface area contributed by atoms with E-state index in [1.54, 1.807) is 34.6 Å². The fourth-order valence-electron chi connectivity index (χ4n) is 4.35. The number of thioether (sulfide) groups is 1. The molecule has 6 nitrogen and oxygen atoms in total. The van der Waals surface area contributed by atoms with Crippen LogP contribution in [-0.4, -0.2) is 26.1 Å². The quantitative estimate of drug-likeness (QED) is 0.189. The maximum Gasteiger partial charge on any atom is 0.307 e. The molecule has 4 aromatic rings. The Bertz CT molecular complexity index is 1480. The standard InChI is InChI=1S/C30H31Cl2N3O3S/c1-18(2)28-25(35(34-33-28)29-23(31)10-7-11-24(29)32)17-38-26-13-12-21(14-19(26)3)30(4,5)39-22-9-6-8-20(15-22)16-27(36)37/h6-15,18H,16-17H2,1-5H3,(H,36,37). The molecule has 0 saturated carbocycles. The smallest absolute Gasteiger partial charge is 0.307 e. The molecule has 0 amide bonds. The van der Waals surface area contributed by atoms with Crippen LogP contribution in [0.3, 0.4) is 0 Å². The Morgan fingerprint density at radius 1 is 1.08 bits per heavy atom. The highest BCUT2D eigenvalue weighted by molar-refractivity contribution is 8.00. The summed E-state index contributed by atoms with van der Waals surface area (Å²) in [5.41, 5.74) is 5.12. The average molecular weight is 585 g/mol. The van der Waals surface area contributed by atoms with Crippen LogP contribution in [-0.2, 0) is 22.6 Å². The first kappa shape index (κ1) is 29.0. The van der Waals surface area contributed by atoms with E-state index in [1.807, 2.05) is 37.3 Å². The van der Waals surface area contributed by atoms with Crippen molar-refractivity contribution in [3.05, 3.63) is 98.8 Å². The van der Waals surface area contributed by atoms with E-state index in [2.05, 4.69) is 50.1 Å². The van der Waals surface area contributed by atoms with Gasteiger partial charge in [0.2, 0.25) is 0 Å². The lowest BCUT2D eigenvalue weighted by atomic mass is 10.00. The van der Waals surface area contributed by atoms with Gasteiger partial charge in [0.1, 0.15) is 23.7 Å². The normalized spacial score (nSPS) is 11.7. The van der Waals surface area contributed by atoms with E-state index >= 15 is 0 Å². The maximum atomic E-state index is 11.1. The van der Waals surface area contributed by atoms with Crippen molar-refractivity contribution >= 4 is 40.9 Å². The van der Waals surface area contributed by atoms with Crippen molar-refractivity contribution in [1.29, 1.82) is 0 Å². The summed E-state index contributed by atoms with van der Waals surface area (Å²) in [7, 11) is 0. The number of aliphatic carboxylic acids is 1. The molecule has 0 radical (unpaired) electrons. The van der Waals surface area contributed by atoms with Gasteiger partial charge in [-0.1, -0.05) is 72.6 Å². The Kier molecular flexibility index (Phi) is 8.94. The molecule has 0 atom stereocenters. The predicted molar refractivity (Wildman–Crippen MR) is 158 cm³/mol. The molecule has 39 heavy (non-hydrogen) atoms. The summed E-state index contributed by atoms with van der Waals surface area (Å²) in [6.45, 7) is 10.7. The van der Waals surface area contributed by atoms with Gasteiger partial charge in [0.15, 0.2) is 0 Å². The van der Waals surface area contributed by atoms with Crippen LogP contribution in [0.1, 0.15) is 61.7 Å². The number of carboxylic acid groups (broad SMARTS) is 1. The van der Waals surface area contributed by atoms with Gasteiger partial charge in [0, 0.05) is 9.64 Å². The fraction of sp³-hybridized carbons (Fsp3) is 0.300. The van der Waals surface area contributed by atoms with E-state index in [0.29, 0.717) is 15.7 Å². The first-order valence-corrected chi connectivity index (χ1v) is 14.2. The largest absolute Gasteiger partial charge is 0.487 e. The Morgan fingerprint density at radius 2 is 1.77 bits per heavy atom. The molecule has 0 aliphatic heterocycles. The minimum atomic E-state index is -0.836. The van der Waals surface area contributed by atoms with Gasteiger partial charge in [0.25, 0.3) is 0 Å². The number of carbonyl (C=O) groups is 1. The van der Waals surface area contributed by atoms with Crippen LogP contribution in [0, 0.1) is 6.92 Å². The molecule has 1 heterocycles. The third-order valence-corrected chi connectivity index (χ3v) is 8.20. The van der Waals surface area contributed by atoms with Crippen molar-refractivity contribution in [2.45, 2.75) is 63.2 Å². The van der Waals surface area contributed by atoms with E-state index < -0.39 is 5.97 Å². The molecule has 0 aliphatic rings. The number of nitrogens with zero attached hydrogens (tertiary/aromatic N) is 3. The molecular formula is C30H31Cl2N3O3S. The summed E-state index contributed by atoms with van der Waals surface area (Å²) in [6, 6.07) is 19.2. The number of ether oxygens (including phenoxy) is 1. The van der Waals surface area contributed by atoms with Crippen LogP contribution in [0.4, 0.5) is 0 Å². The first-order valence-electron chi connectivity index (χ1n) is 12.6. The number of hydrogen-bond donors (Lipinski definition) is 1. The molecule has 0 fully saturated rings. The number of benzene rings is 3. The number of hydrogen-bond acceptors (Lipinski definition) is 5. The van der Waals surface area contributed by atoms with Gasteiger partial charge in [-0.15, -0.1) is 16.9 Å². The minimum absolute atomic E-state index is 0.00953. The van der Waals surface area contributed by atoms with Gasteiger partial charge in [0.05, 0.1) is 22.2 Å². The van der Waals surface area contributed by atoms with Gasteiger partial charge in [-0.25, -0.2) is 4.68 Å². The molecule has 0 spiro atoms. The van der Waals surface area contributed by atoms with Crippen LogP contribution in [0.5, 0.6) is 5.75 Å². The van der Waals surface area contributed by atoms with Gasteiger partial charge >= 0.3 is 5.97 Å². The number of aromatic nitrogens is 3. The van der Waals surface area contributed by atoms with E-state index in [1.165, 1.54) is 0 Å². The fourth-order valence-corrected chi connectivity index (χ4v) is 6.10. The molecule has 1 N–H and O–H groups in total. The number of para-hydroxylation sites is 1. The molecular weight excluding hydrogens is 553 g/mol. The molecule has 0 bridgehead atoms. The molecule has 3 aromatic carbocycles. The minimum Gasteiger partial charge on any atom is -0.487 e. The SMILES string of the molecule is Cc1cc(C(C)(C)Sc2cccc(CC(=O)O)c2)ccc1OCc1c(C(C)C)nnn1-c1c(Cl)cccc1Cl. The molecule has 204 valence electrons. The topological polar surface area (TPSA) is 77.2 Å².